The zero-order valence-corrected chi connectivity index (χ0v) is 7.96. The van der Waals surface area contributed by atoms with Gasteiger partial charge in [-0.3, -0.25) is 15.5 Å². The Morgan fingerprint density at radius 1 is 1.69 bits per heavy atom. The molecule has 2 N–H and O–H groups in total. The van der Waals surface area contributed by atoms with Crippen LogP contribution in [0.1, 0.15) is 33.1 Å². The summed E-state index contributed by atoms with van der Waals surface area (Å²) >= 11 is 0. The van der Waals surface area contributed by atoms with Crippen molar-refractivity contribution >= 4 is 11.9 Å². The van der Waals surface area contributed by atoms with Gasteiger partial charge in [0.05, 0.1) is 0 Å². The van der Waals surface area contributed by atoms with Crippen LogP contribution in [0.2, 0.25) is 0 Å². The number of carbonyl (C=O) groups excluding carboxylic acids is 1. The molecule has 1 aliphatic heterocycles. The first-order chi connectivity index (χ1) is 6.26. The van der Waals surface area contributed by atoms with Gasteiger partial charge in [0.2, 0.25) is 5.91 Å². The van der Waals surface area contributed by atoms with Crippen LogP contribution >= 0.6 is 0 Å². The molecule has 0 saturated carbocycles. The summed E-state index contributed by atoms with van der Waals surface area (Å²) in [4.78, 5) is 11.1. The van der Waals surface area contributed by atoms with Crippen LogP contribution in [0.25, 0.3) is 0 Å². The number of hydrogen-bond acceptors (Lipinski definition) is 4. The monoisotopic (exact) mass is 185 g/mol. The van der Waals surface area contributed by atoms with Gasteiger partial charge in [0, 0.05) is 12.8 Å². The van der Waals surface area contributed by atoms with Crippen molar-refractivity contribution in [1.29, 1.82) is 0 Å². The molecule has 0 radical (unpaired) electrons. The normalized spacial score (nSPS) is 20.2. The highest BCUT2D eigenvalue weighted by atomic mass is 16.5. The second-order valence-electron chi connectivity index (χ2n) is 2.86. The molecule has 0 bridgehead atoms. The molecule has 74 valence electrons. The predicted molar refractivity (Wildman–Crippen MR) is 48.8 cm³/mol. The second-order valence-corrected chi connectivity index (χ2v) is 2.86. The molecule has 0 aromatic rings. The lowest BCUT2D eigenvalue weighted by molar-refractivity contribution is -0.120. The fourth-order valence-corrected chi connectivity index (χ4v) is 0.959. The molecule has 1 heterocycles. The SMILES string of the molecule is CCCC(=O)NC1=NNC(CC)O1. The minimum atomic E-state index is -0.100. The van der Waals surface area contributed by atoms with Gasteiger partial charge in [0.25, 0.3) is 0 Å². The number of rotatable bonds is 3. The van der Waals surface area contributed by atoms with Crippen LogP contribution in [0.5, 0.6) is 0 Å². The number of carbonyl (C=O) groups is 1. The summed E-state index contributed by atoms with van der Waals surface area (Å²) in [6.07, 6.45) is 2.04. The largest absolute Gasteiger partial charge is 0.438 e. The van der Waals surface area contributed by atoms with E-state index in [1.165, 1.54) is 0 Å². The van der Waals surface area contributed by atoms with Crippen molar-refractivity contribution in [2.45, 2.75) is 39.3 Å². The third-order valence-corrected chi connectivity index (χ3v) is 1.66. The second kappa shape index (κ2) is 4.69. The number of nitrogens with one attached hydrogen (secondary N) is 2. The van der Waals surface area contributed by atoms with E-state index in [1.54, 1.807) is 0 Å². The van der Waals surface area contributed by atoms with Gasteiger partial charge in [-0.25, -0.2) is 0 Å². The summed E-state index contributed by atoms with van der Waals surface area (Å²) in [5.41, 5.74) is 2.75. The van der Waals surface area contributed by atoms with Crippen molar-refractivity contribution in [3.05, 3.63) is 0 Å². The van der Waals surface area contributed by atoms with E-state index in [9.17, 15) is 4.79 Å². The van der Waals surface area contributed by atoms with Crippen molar-refractivity contribution in [3.8, 4) is 0 Å². The van der Waals surface area contributed by atoms with Crippen LogP contribution in [-0.4, -0.2) is 18.2 Å². The summed E-state index contributed by atoms with van der Waals surface area (Å²) in [6, 6.07) is 0.283. The summed E-state index contributed by atoms with van der Waals surface area (Å²) in [5.74, 6) is -0.0557. The lowest BCUT2D eigenvalue weighted by atomic mass is 10.3. The molecule has 0 aliphatic carbocycles. The van der Waals surface area contributed by atoms with Crippen molar-refractivity contribution in [1.82, 2.24) is 10.7 Å². The molecule has 0 spiro atoms. The number of amides is 1. The summed E-state index contributed by atoms with van der Waals surface area (Å²) in [7, 11) is 0. The quantitative estimate of drug-likeness (QED) is 0.674. The van der Waals surface area contributed by atoms with E-state index in [1.807, 2.05) is 13.8 Å². The van der Waals surface area contributed by atoms with Gasteiger partial charge in [-0.1, -0.05) is 13.8 Å². The number of nitrogens with zero attached hydrogens (tertiary/aromatic N) is 1. The van der Waals surface area contributed by atoms with Gasteiger partial charge in [-0.15, -0.1) is 5.10 Å². The molecule has 5 heteroatoms. The van der Waals surface area contributed by atoms with Crippen LogP contribution in [0, 0.1) is 0 Å². The fraction of sp³-hybridized carbons (Fsp3) is 0.750. The summed E-state index contributed by atoms with van der Waals surface area (Å²) in [6.45, 7) is 3.92. The molecule has 1 atom stereocenters. The van der Waals surface area contributed by atoms with Gasteiger partial charge in [-0.05, 0) is 6.42 Å². The van der Waals surface area contributed by atoms with E-state index >= 15 is 0 Å². The Hall–Kier alpha value is -1.26. The minimum Gasteiger partial charge on any atom is -0.438 e. The van der Waals surface area contributed by atoms with Gasteiger partial charge < -0.3 is 4.74 Å². The van der Waals surface area contributed by atoms with Crippen LogP contribution in [0.3, 0.4) is 0 Å². The van der Waals surface area contributed by atoms with E-state index in [0.29, 0.717) is 6.42 Å². The van der Waals surface area contributed by atoms with Crippen LogP contribution in [-0.2, 0) is 9.53 Å². The molecule has 0 aromatic carbocycles. The molecule has 5 nitrogen and oxygen atoms in total. The first-order valence-corrected chi connectivity index (χ1v) is 4.56. The van der Waals surface area contributed by atoms with E-state index in [-0.39, 0.29) is 18.2 Å². The van der Waals surface area contributed by atoms with E-state index in [4.69, 9.17) is 4.74 Å². The molecule has 13 heavy (non-hydrogen) atoms. The van der Waals surface area contributed by atoms with Crippen molar-refractivity contribution in [2.24, 2.45) is 5.10 Å². The third-order valence-electron chi connectivity index (χ3n) is 1.66. The maximum Gasteiger partial charge on any atom is 0.315 e. The van der Waals surface area contributed by atoms with E-state index < -0.39 is 0 Å². The molecular formula is C8H15N3O2. The lowest BCUT2D eigenvalue weighted by Gasteiger charge is -2.07. The Kier molecular flexibility index (Phi) is 3.54. The Labute approximate surface area is 77.5 Å². The first-order valence-electron chi connectivity index (χ1n) is 4.56. The highest BCUT2D eigenvalue weighted by Crippen LogP contribution is 2.00. The molecule has 0 saturated heterocycles. The highest BCUT2D eigenvalue weighted by molar-refractivity contribution is 5.94. The molecule has 1 amide bonds. The fourth-order valence-electron chi connectivity index (χ4n) is 0.959. The van der Waals surface area contributed by atoms with Gasteiger partial charge >= 0.3 is 6.02 Å². The number of hydrazone groups is 1. The van der Waals surface area contributed by atoms with Crippen molar-refractivity contribution < 1.29 is 9.53 Å². The van der Waals surface area contributed by atoms with Gasteiger partial charge in [-0.2, -0.15) is 0 Å². The lowest BCUT2D eigenvalue weighted by Crippen LogP contribution is -2.31. The summed E-state index contributed by atoms with van der Waals surface area (Å²) < 4.78 is 5.23. The molecule has 1 unspecified atom stereocenters. The Bertz CT molecular complexity index is 215. The average molecular weight is 185 g/mol. The van der Waals surface area contributed by atoms with Gasteiger partial charge in [0.15, 0.2) is 6.23 Å². The van der Waals surface area contributed by atoms with Crippen molar-refractivity contribution in [2.75, 3.05) is 0 Å². The maximum atomic E-state index is 11.1. The third kappa shape index (κ3) is 2.93. The van der Waals surface area contributed by atoms with Crippen LogP contribution < -0.4 is 10.7 Å². The van der Waals surface area contributed by atoms with Crippen LogP contribution in [0.4, 0.5) is 0 Å². The average Bonchev–Trinajstić information content (AvgIpc) is 2.52. The molecule has 0 aromatic heterocycles. The Morgan fingerprint density at radius 2 is 2.46 bits per heavy atom. The zero-order chi connectivity index (χ0) is 9.68. The highest BCUT2D eigenvalue weighted by Gasteiger charge is 2.18. The minimum absolute atomic E-state index is 0.0557. The molecule has 1 aliphatic rings. The maximum absolute atomic E-state index is 11.1. The molecular weight excluding hydrogens is 170 g/mol. The standard InChI is InChI=1S/C8H15N3O2/c1-3-5-6(12)9-8-11-10-7(4-2)13-8/h7,10H,3-5H2,1-2H3,(H,9,11,12). The predicted octanol–water partition coefficient (Wildman–Crippen LogP) is 0.530. The first kappa shape index (κ1) is 9.83. The van der Waals surface area contributed by atoms with Crippen LogP contribution in [0.15, 0.2) is 5.10 Å². The topological polar surface area (TPSA) is 62.7 Å². The number of ether oxygens (including phenoxy) is 1. The van der Waals surface area contributed by atoms with E-state index in [0.717, 1.165) is 12.8 Å². The molecule has 0 fully saturated rings. The van der Waals surface area contributed by atoms with Gasteiger partial charge in [0.1, 0.15) is 0 Å². The van der Waals surface area contributed by atoms with Crippen molar-refractivity contribution in [3.63, 3.8) is 0 Å². The Morgan fingerprint density at radius 3 is 3.00 bits per heavy atom. The van der Waals surface area contributed by atoms with E-state index in [2.05, 4.69) is 15.8 Å². The number of amidine groups is 1. The Balaban J connectivity index is 2.27. The smallest absolute Gasteiger partial charge is 0.315 e. The zero-order valence-electron chi connectivity index (χ0n) is 7.96. The summed E-state index contributed by atoms with van der Waals surface area (Å²) in [5, 5.41) is 6.39. The molecule has 1 rings (SSSR count). The number of hydrogen-bond donors (Lipinski definition) is 2.